The van der Waals surface area contributed by atoms with Crippen LogP contribution in [0.5, 0.6) is 0 Å². The van der Waals surface area contributed by atoms with Crippen molar-refractivity contribution in [2.45, 2.75) is 30.3 Å². The number of imidazole rings is 1. The highest BCUT2D eigenvalue weighted by molar-refractivity contribution is 7.99. The summed E-state index contributed by atoms with van der Waals surface area (Å²) in [4.78, 5) is 20.5. The normalized spacial score (nSPS) is 15.1. The molecule has 2 aromatic carbocycles. The second-order valence-corrected chi connectivity index (χ2v) is 7.86. The molecule has 0 bridgehead atoms. The largest absolute Gasteiger partial charge is 0.356 e. The molecule has 1 unspecified atom stereocenters. The van der Waals surface area contributed by atoms with Crippen LogP contribution in [0.4, 0.5) is 0 Å². The quantitative estimate of drug-likeness (QED) is 0.461. The Bertz CT molecular complexity index is 840. The van der Waals surface area contributed by atoms with Crippen LogP contribution in [0.2, 0.25) is 0 Å². The van der Waals surface area contributed by atoms with Crippen LogP contribution in [0.25, 0.3) is 11.0 Å². The lowest BCUT2D eigenvalue weighted by Crippen LogP contribution is -2.31. The van der Waals surface area contributed by atoms with Crippen LogP contribution < -0.4 is 5.32 Å². The summed E-state index contributed by atoms with van der Waals surface area (Å²) in [5.74, 6) is 1.63. The maximum absolute atomic E-state index is 12.6. The molecule has 5 heteroatoms. The molecule has 0 radical (unpaired) electrons. The molecule has 0 aliphatic heterocycles. The molecular formula is C21H23N3OS. The van der Waals surface area contributed by atoms with E-state index < -0.39 is 0 Å². The SMILES string of the molecule is O=C(NCCCSc1nc2ccccc2[nH]1)C(c1ccccc1)C1CC1. The van der Waals surface area contributed by atoms with Gasteiger partial charge in [-0.25, -0.2) is 4.98 Å². The number of hydrogen-bond acceptors (Lipinski definition) is 3. The number of hydrogen-bond donors (Lipinski definition) is 2. The zero-order valence-electron chi connectivity index (χ0n) is 14.7. The van der Waals surface area contributed by atoms with E-state index in [1.165, 1.54) is 0 Å². The maximum Gasteiger partial charge on any atom is 0.227 e. The molecule has 1 aliphatic rings. The van der Waals surface area contributed by atoms with Crippen molar-refractivity contribution in [2.24, 2.45) is 5.92 Å². The molecule has 134 valence electrons. The summed E-state index contributed by atoms with van der Waals surface area (Å²) in [7, 11) is 0. The number of amides is 1. The van der Waals surface area contributed by atoms with Gasteiger partial charge in [-0.3, -0.25) is 4.79 Å². The van der Waals surface area contributed by atoms with E-state index in [1.807, 2.05) is 42.5 Å². The van der Waals surface area contributed by atoms with Gasteiger partial charge in [0.15, 0.2) is 5.16 Å². The molecule has 1 saturated carbocycles. The third kappa shape index (κ3) is 4.10. The number of rotatable bonds is 8. The van der Waals surface area contributed by atoms with Crippen LogP contribution >= 0.6 is 11.8 Å². The number of para-hydroxylation sites is 2. The second-order valence-electron chi connectivity index (χ2n) is 6.78. The lowest BCUT2D eigenvalue weighted by Gasteiger charge is -2.16. The van der Waals surface area contributed by atoms with Crippen molar-refractivity contribution in [1.29, 1.82) is 0 Å². The first-order valence-electron chi connectivity index (χ1n) is 9.21. The highest BCUT2D eigenvalue weighted by atomic mass is 32.2. The Labute approximate surface area is 157 Å². The van der Waals surface area contributed by atoms with Gasteiger partial charge in [0.2, 0.25) is 5.91 Å². The molecule has 2 N–H and O–H groups in total. The topological polar surface area (TPSA) is 57.8 Å². The molecule has 3 aromatic rings. The smallest absolute Gasteiger partial charge is 0.227 e. The van der Waals surface area contributed by atoms with Gasteiger partial charge in [0, 0.05) is 12.3 Å². The van der Waals surface area contributed by atoms with E-state index in [-0.39, 0.29) is 11.8 Å². The van der Waals surface area contributed by atoms with Gasteiger partial charge in [-0.15, -0.1) is 0 Å². The summed E-state index contributed by atoms with van der Waals surface area (Å²) in [6, 6.07) is 18.2. The number of nitrogens with zero attached hydrogens (tertiary/aromatic N) is 1. The molecule has 1 aliphatic carbocycles. The fourth-order valence-electron chi connectivity index (χ4n) is 3.29. The average molecular weight is 366 g/mol. The second kappa shape index (κ2) is 7.96. The predicted molar refractivity (Wildman–Crippen MR) is 106 cm³/mol. The molecule has 26 heavy (non-hydrogen) atoms. The number of aromatic nitrogens is 2. The standard InChI is InChI=1S/C21H23N3OS/c25-20(19(16-11-12-16)15-7-2-1-3-8-15)22-13-6-14-26-21-23-17-9-4-5-10-18(17)24-21/h1-5,7-10,16,19H,6,11-14H2,(H,22,25)(H,23,24). The van der Waals surface area contributed by atoms with Crippen molar-refractivity contribution in [3.05, 3.63) is 60.2 Å². The number of thioether (sulfide) groups is 1. The van der Waals surface area contributed by atoms with E-state index >= 15 is 0 Å². The van der Waals surface area contributed by atoms with Gasteiger partial charge in [-0.2, -0.15) is 0 Å². The van der Waals surface area contributed by atoms with Crippen LogP contribution in [-0.4, -0.2) is 28.2 Å². The Kier molecular flexibility index (Phi) is 5.25. The molecule has 0 saturated heterocycles. The van der Waals surface area contributed by atoms with E-state index in [4.69, 9.17) is 0 Å². The monoisotopic (exact) mass is 365 g/mol. The van der Waals surface area contributed by atoms with Crippen molar-refractivity contribution in [1.82, 2.24) is 15.3 Å². The third-order valence-corrected chi connectivity index (χ3v) is 5.72. The van der Waals surface area contributed by atoms with Crippen LogP contribution in [0.1, 0.15) is 30.7 Å². The number of carbonyl (C=O) groups is 1. The molecule has 4 nitrogen and oxygen atoms in total. The number of aromatic amines is 1. The molecule has 0 spiro atoms. The van der Waals surface area contributed by atoms with Gasteiger partial charge in [0.25, 0.3) is 0 Å². The first-order chi connectivity index (χ1) is 12.8. The zero-order valence-corrected chi connectivity index (χ0v) is 15.5. The lowest BCUT2D eigenvalue weighted by molar-refractivity contribution is -0.123. The van der Waals surface area contributed by atoms with Crippen molar-refractivity contribution < 1.29 is 4.79 Å². The minimum absolute atomic E-state index is 0.0132. The van der Waals surface area contributed by atoms with Crippen molar-refractivity contribution >= 4 is 28.7 Å². The Morgan fingerprint density at radius 1 is 1.15 bits per heavy atom. The van der Waals surface area contributed by atoms with Gasteiger partial charge >= 0.3 is 0 Å². The van der Waals surface area contributed by atoms with E-state index in [2.05, 4.69) is 27.4 Å². The van der Waals surface area contributed by atoms with Crippen LogP contribution in [0.15, 0.2) is 59.8 Å². The number of nitrogens with one attached hydrogen (secondary N) is 2. The molecule has 1 amide bonds. The highest BCUT2D eigenvalue weighted by Gasteiger charge is 2.36. The Hall–Kier alpha value is -2.27. The van der Waals surface area contributed by atoms with E-state index in [9.17, 15) is 4.79 Å². The summed E-state index contributed by atoms with van der Waals surface area (Å²) in [5.41, 5.74) is 3.21. The number of benzene rings is 2. The summed E-state index contributed by atoms with van der Waals surface area (Å²) < 4.78 is 0. The molecule has 1 atom stereocenters. The van der Waals surface area contributed by atoms with E-state index in [0.717, 1.165) is 46.8 Å². The number of H-pyrrole nitrogens is 1. The van der Waals surface area contributed by atoms with E-state index in [0.29, 0.717) is 12.5 Å². The van der Waals surface area contributed by atoms with Crippen molar-refractivity contribution in [3.63, 3.8) is 0 Å². The number of carbonyl (C=O) groups excluding carboxylic acids is 1. The zero-order chi connectivity index (χ0) is 17.8. The van der Waals surface area contributed by atoms with Crippen molar-refractivity contribution in [3.8, 4) is 0 Å². The average Bonchev–Trinajstić information content (AvgIpc) is 3.40. The Morgan fingerprint density at radius 3 is 2.69 bits per heavy atom. The summed E-state index contributed by atoms with van der Waals surface area (Å²) in [5, 5.41) is 4.07. The van der Waals surface area contributed by atoms with Gasteiger partial charge in [-0.1, -0.05) is 54.2 Å². The molecule has 1 aromatic heterocycles. The number of fused-ring (bicyclic) bond motifs is 1. The van der Waals surface area contributed by atoms with Gasteiger partial charge in [0.1, 0.15) is 0 Å². The highest BCUT2D eigenvalue weighted by Crippen LogP contribution is 2.42. The molecule has 1 fully saturated rings. The van der Waals surface area contributed by atoms with Crippen LogP contribution in [-0.2, 0) is 4.79 Å². The minimum Gasteiger partial charge on any atom is -0.356 e. The van der Waals surface area contributed by atoms with Gasteiger partial charge < -0.3 is 10.3 Å². The first-order valence-corrected chi connectivity index (χ1v) is 10.2. The Morgan fingerprint density at radius 2 is 1.92 bits per heavy atom. The summed E-state index contributed by atoms with van der Waals surface area (Å²) >= 11 is 1.70. The minimum atomic E-state index is 0.0132. The first kappa shape index (κ1) is 17.2. The van der Waals surface area contributed by atoms with E-state index in [1.54, 1.807) is 11.8 Å². The fourth-order valence-corrected chi connectivity index (χ4v) is 4.11. The van der Waals surface area contributed by atoms with Gasteiger partial charge in [0.05, 0.1) is 17.0 Å². The summed E-state index contributed by atoms with van der Waals surface area (Å²) in [6.07, 6.45) is 3.25. The van der Waals surface area contributed by atoms with Crippen molar-refractivity contribution in [2.75, 3.05) is 12.3 Å². The van der Waals surface area contributed by atoms with Crippen LogP contribution in [0.3, 0.4) is 0 Å². The predicted octanol–water partition coefficient (Wildman–Crippen LogP) is 4.36. The van der Waals surface area contributed by atoms with Gasteiger partial charge in [-0.05, 0) is 42.9 Å². The fraction of sp³-hybridized carbons (Fsp3) is 0.333. The molecular weight excluding hydrogens is 342 g/mol. The lowest BCUT2D eigenvalue weighted by atomic mass is 9.93. The third-order valence-electron chi connectivity index (χ3n) is 4.76. The van der Waals surface area contributed by atoms with Crippen LogP contribution in [0, 0.1) is 5.92 Å². The molecule has 1 heterocycles. The summed E-state index contributed by atoms with van der Waals surface area (Å²) in [6.45, 7) is 0.710. The maximum atomic E-state index is 12.6. The molecule has 4 rings (SSSR count). The Balaban J connectivity index is 1.24.